The highest BCUT2D eigenvalue weighted by Gasteiger charge is 2.24. The molecule has 0 saturated carbocycles. The average Bonchev–Trinajstić information content (AvgIpc) is 2.23. The first-order valence-corrected chi connectivity index (χ1v) is 6.55. The summed E-state index contributed by atoms with van der Waals surface area (Å²) in [7, 11) is 0. The van der Waals surface area contributed by atoms with Gasteiger partial charge < -0.3 is 20.3 Å². The molecule has 0 spiro atoms. The Labute approximate surface area is 110 Å². The molecule has 5 nitrogen and oxygen atoms in total. The van der Waals surface area contributed by atoms with Gasteiger partial charge in [-0.15, -0.1) is 0 Å². The molecule has 108 valence electrons. The summed E-state index contributed by atoms with van der Waals surface area (Å²) in [6, 6.07) is -0.369. The molecule has 0 aliphatic heterocycles. The maximum atomic E-state index is 11.6. The highest BCUT2D eigenvalue weighted by molar-refractivity contribution is 5.68. The zero-order valence-electron chi connectivity index (χ0n) is 11.9. The normalized spacial score (nSPS) is 15.0. The first-order valence-electron chi connectivity index (χ1n) is 6.55. The third kappa shape index (κ3) is 7.50. The lowest BCUT2D eigenvalue weighted by Gasteiger charge is -2.27. The van der Waals surface area contributed by atoms with Crippen molar-refractivity contribution in [2.75, 3.05) is 13.2 Å². The number of alkyl carbamates (subject to hydrolysis) is 1. The van der Waals surface area contributed by atoms with Crippen molar-refractivity contribution in [3.8, 4) is 0 Å². The second-order valence-corrected chi connectivity index (χ2v) is 5.50. The molecule has 0 aromatic heterocycles. The molecule has 0 aromatic carbocycles. The van der Waals surface area contributed by atoms with Crippen molar-refractivity contribution >= 4 is 6.09 Å². The number of hydrogen-bond donors (Lipinski definition) is 3. The highest BCUT2D eigenvalue weighted by Crippen LogP contribution is 2.16. The Kier molecular flexibility index (Phi) is 7.95. The van der Waals surface area contributed by atoms with Gasteiger partial charge in [0.1, 0.15) is 5.60 Å². The molecule has 0 aromatic rings. The number of carbonyl (C=O) groups is 1. The summed E-state index contributed by atoms with van der Waals surface area (Å²) < 4.78 is 5.15. The van der Waals surface area contributed by atoms with Crippen molar-refractivity contribution < 1.29 is 19.7 Å². The molecule has 0 heterocycles. The smallest absolute Gasteiger partial charge is 0.407 e. The fourth-order valence-electron chi connectivity index (χ4n) is 1.85. The van der Waals surface area contributed by atoms with E-state index in [4.69, 9.17) is 9.84 Å². The molecule has 0 aliphatic rings. The zero-order valence-corrected chi connectivity index (χ0v) is 11.9. The van der Waals surface area contributed by atoms with Crippen molar-refractivity contribution in [1.29, 1.82) is 0 Å². The van der Waals surface area contributed by atoms with Crippen molar-refractivity contribution in [3.05, 3.63) is 0 Å². The van der Waals surface area contributed by atoms with Crippen LogP contribution in [0, 0.1) is 5.92 Å². The van der Waals surface area contributed by atoms with Gasteiger partial charge in [0.2, 0.25) is 0 Å². The van der Waals surface area contributed by atoms with E-state index in [9.17, 15) is 9.90 Å². The molecule has 2 atom stereocenters. The Hall–Kier alpha value is -0.810. The third-order valence-corrected chi connectivity index (χ3v) is 2.63. The van der Waals surface area contributed by atoms with Gasteiger partial charge in [-0.25, -0.2) is 4.79 Å². The summed E-state index contributed by atoms with van der Waals surface area (Å²) in [6.45, 7) is 7.31. The van der Waals surface area contributed by atoms with Gasteiger partial charge in [0.05, 0.1) is 12.6 Å². The van der Waals surface area contributed by atoms with Crippen LogP contribution < -0.4 is 5.32 Å². The van der Waals surface area contributed by atoms with Crippen LogP contribution >= 0.6 is 0 Å². The fraction of sp³-hybridized carbons (Fsp3) is 0.923. The van der Waals surface area contributed by atoms with Crippen LogP contribution in [-0.4, -0.2) is 41.2 Å². The first-order chi connectivity index (χ1) is 8.34. The van der Waals surface area contributed by atoms with Crippen LogP contribution in [0.15, 0.2) is 0 Å². The van der Waals surface area contributed by atoms with Gasteiger partial charge in [0.15, 0.2) is 0 Å². The maximum absolute atomic E-state index is 11.6. The van der Waals surface area contributed by atoms with E-state index >= 15 is 0 Å². The molecule has 1 amide bonds. The molecule has 5 heteroatoms. The molecule has 0 unspecified atom stereocenters. The highest BCUT2D eigenvalue weighted by atomic mass is 16.6. The summed E-state index contributed by atoms with van der Waals surface area (Å²) in [4.78, 5) is 11.6. The molecule has 18 heavy (non-hydrogen) atoms. The summed E-state index contributed by atoms with van der Waals surface area (Å²) in [6.07, 6.45) is 1.83. The lowest BCUT2D eigenvalue weighted by Crippen LogP contribution is -2.45. The first kappa shape index (κ1) is 17.2. The van der Waals surface area contributed by atoms with Crippen LogP contribution in [-0.2, 0) is 4.74 Å². The number of hydrogen-bond acceptors (Lipinski definition) is 4. The Bertz CT molecular complexity index is 232. The quantitative estimate of drug-likeness (QED) is 0.651. The third-order valence-electron chi connectivity index (χ3n) is 2.63. The van der Waals surface area contributed by atoms with Crippen molar-refractivity contribution in [3.63, 3.8) is 0 Å². The molecule has 0 radical (unpaired) electrons. The summed E-state index contributed by atoms with van der Waals surface area (Å²) in [5, 5.41) is 21.0. The van der Waals surface area contributed by atoms with Crippen molar-refractivity contribution in [2.45, 2.75) is 58.6 Å². The molecular formula is C13H27NO4. The Morgan fingerprint density at radius 1 is 1.28 bits per heavy atom. The molecule has 0 aliphatic carbocycles. The molecule has 0 saturated heterocycles. The zero-order chi connectivity index (χ0) is 14.2. The van der Waals surface area contributed by atoms with Gasteiger partial charge in [-0.2, -0.15) is 0 Å². The minimum atomic E-state index is -0.554. The Balaban J connectivity index is 4.41. The van der Waals surface area contributed by atoms with E-state index < -0.39 is 11.7 Å². The summed E-state index contributed by atoms with van der Waals surface area (Å²) >= 11 is 0. The summed E-state index contributed by atoms with van der Waals surface area (Å²) in [5.74, 6) is 0.0671. The monoisotopic (exact) mass is 261 g/mol. The van der Waals surface area contributed by atoms with E-state index in [0.29, 0.717) is 6.42 Å². The minimum absolute atomic E-state index is 0.0527. The maximum Gasteiger partial charge on any atom is 0.407 e. The van der Waals surface area contributed by atoms with Crippen molar-refractivity contribution in [1.82, 2.24) is 5.32 Å². The number of carbonyl (C=O) groups excluding carboxylic acids is 1. The van der Waals surface area contributed by atoms with Gasteiger partial charge in [0, 0.05) is 6.61 Å². The molecular weight excluding hydrogens is 234 g/mol. The lowest BCUT2D eigenvalue weighted by atomic mass is 9.92. The topological polar surface area (TPSA) is 78.8 Å². The number of aliphatic hydroxyl groups is 2. The van der Waals surface area contributed by atoms with E-state index in [1.54, 1.807) is 20.8 Å². The number of rotatable bonds is 7. The van der Waals surface area contributed by atoms with Gasteiger partial charge >= 0.3 is 6.09 Å². The number of ether oxygens (including phenoxy) is 1. The van der Waals surface area contributed by atoms with E-state index in [0.717, 1.165) is 12.8 Å². The Morgan fingerprint density at radius 3 is 2.28 bits per heavy atom. The SMILES string of the molecule is CCC[C@H](CCO)[C@H](CO)NC(=O)OC(C)(C)C. The van der Waals surface area contributed by atoms with E-state index in [1.165, 1.54) is 0 Å². The average molecular weight is 261 g/mol. The van der Waals surface area contributed by atoms with Crippen LogP contribution in [0.4, 0.5) is 4.79 Å². The number of nitrogens with one attached hydrogen (secondary N) is 1. The van der Waals surface area contributed by atoms with Gasteiger partial charge in [-0.1, -0.05) is 13.3 Å². The number of amides is 1. The van der Waals surface area contributed by atoms with Crippen LogP contribution in [0.3, 0.4) is 0 Å². The molecule has 3 N–H and O–H groups in total. The van der Waals surface area contributed by atoms with E-state index in [-0.39, 0.29) is 25.2 Å². The molecule has 0 fully saturated rings. The van der Waals surface area contributed by atoms with Crippen molar-refractivity contribution in [2.24, 2.45) is 5.92 Å². The predicted molar refractivity (Wildman–Crippen MR) is 70.3 cm³/mol. The van der Waals surface area contributed by atoms with Gasteiger partial charge in [0.25, 0.3) is 0 Å². The second kappa shape index (κ2) is 8.32. The van der Waals surface area contributed by atoms with Crippen LogP contribution in [0.25, 0.3) is 0 Å². The lowest BCUT2D eigenvalue weighted by molar-refractivity contribution is 0.0440. The molecule has 0 bridgehead atoms. The van der Waals surface area contributed by atoms with E-state index in [2.05, 4.69) is 5.32 Å². The largest absolute Gasteiger partial charge is 0.444 e. The van der Waals surface area contributed by atoms with Gasteiger partial charge in [-0.3, -0.25) is 0 Å². The number of aliphatic hydroxyl groups excluding tert-OH is 2. The molecule has 0 rings (SSSR count). The summed E-state index contributed by atoms with van der Waals surface area (Å²) in [5.41, 5.74) is -0.554. The van der Waals surface area contributed by atoms with Crippen LogP contribution in [0.5, 0.6) is 0 Å². The standard InChI is InChI=1S/C13H27NO4/c1-5-6-10(7-8-15)11(9-16)14-12(17)18-13(2,3)4/h10-11,15-16H,5-9H2,1-4H3,(H,14,17)/t10-,11+/m1/s1. The second-order valence-electron chi connectivity index (χ2n) is 5.50. The minimum Gasteiger partial charge on any atom is -0.444 e. The fourth-order valence-corrected chi connectivity index (χ4v) is 1.85. The van der Waals surface area contributed by atoms with Crippen LogP contribution in [0.2, 0.25) is 0 Å². The predicted octanol–water partition coefficient (Wildman–Crippen LogP) is 1.67. The van der Waals surface area contributed by atoms with Crippen LogP contribution in [0.1, 0.15) is 47.0 Å². The Morgan fingerprint density at radius 2 is 1.89 bits per heavy atom. The van der Waals surface area contributed by atoms with Gasteiger partial charge in [-0.05, 0) is 39.5 Å². The van der Waals surface area contributed by atoms with E-state index in [1.807, 2.05) is 6.92 Å².